The number of nitrogen functional groups attached to an aromatic ring is 1. The smallest absolute Gasteiger partial charge is 0.236 e. The van der Waals surface area contributed by atoms with Gasteiger partial charge in [-0.15, -0.1) is 0 Å². The molecule has 1 aromatic rings. The highest BCUT2D eigenvalue weighted by Crippen LogP contribution is 2.22. The first kappa shape index (κ1) is 14.2. The summed E-state index contributed by atoms with van der Waals surface area (Å²) in [7, 11) is 0. The van der Waals surface area contributed by atoms with Crippen molar-refractivity contribution in [1.29, 1.82) is 0 Å². The number of likely N-dealkylation sites (N-methyl/N-ethyl adjacent to an activating group) is 1. The minimum Gasteiger partial charge on any atom is -0.384 e. The fourth-order valence-electron chi connectivity index (χ4n) is 1.49. The van der Waals surface area contributed by atoms with Crippen molar-refractivity contribution in [3.05, 3.63) is 11.9 Å². The average molecular weight is 251 g/mol. The van der Waals surface area contributed by atoms with Gasteiger partial charge in [-0.2, -0.15) is 0 Å². The Labute approximate surface area is 107 Å². The van der Waals surface area contributed by atoms with E-state index in [1.807, 2.05) is 27.7 Å². The first-order valence-electron chi connectivity index (χ1n) is 5.92. The van der Waals surface area contributed by atoms with Crippen LogP contribution in [0.4, 0.5) is 11.6 Å². The normalized spacial score (nSPS) is 11.3. The number of hydrogen-bond acceptors (Lipinski definition) is 5. The first-order valence-corrected chi connectivity index (χ1v) is 5.92. The Morgan fingerprint density at radius 1 is 1.39 bits per heavy atom. The highest BCUT2D eigenvalue weighted by atomic mass is 16.1. The summed E-state index contributed by atoms with van der Waals surface area (Å²) in [5.41, 5.74) is 10.8. The maximum atomic E-state index is 11.0. The van der Waals surface area contributed by atoms with Gasteiger partial charge in [-0.1, -0.05) is 20.8 Å². The third-order valence-electron chi connectivity index (χ3n) is 2.46. The second kappa shape index (κ2) is 5.20. The molecule has 6 nitrogen and oxygen atoms in total. The molecule has 1 amide bonds. The summed E-state index contributed by atoms with van der Waals surface area (Å²) >= 11 is 0. The summed E-state index contributed by atoms with van der Waals surface area (Å²) in [4.78, 5) is 21.5. The van der Waals surface area contributed by atoms with Crippen LogP contribution in [0.1, 0.15) is 33.5 Å². The van der Waals surface area contributed by atoms with Gasteiger partial charge in [-0.3, -0.25) is 4.79 Å². The van der Waals surface area contributed by atoms with Crippen molar-refractivity contribution in [2.75, 3.05) is 23.7 Å². The van der Waals surface area contributed by atoms with Gasteiger partial charge in [0.15, 0.2) is 0 Å². The predicted octanol–water partition coefficient (Wildman–Crippen LogP) is 0.668. The van der Waals surface area contributed by atoms with Gasteiger partial charge >= 0.3 is 0 Å². The molecule has 0 unspecified atom stereocenters. The highest BCUT2D eigenvalue weighted by molar-refractivity contribution is 5.79. The number of nitrogens with two attached hydrogens (primary N) is 2. The van der Waals surface area contributed by atoms with Crippen LogP contribution < -0.4 is 16.4 Å². The molecular formula is C12H21N5O. The molecule has 0 aliphatic rings. The van der Waals surface area contributed by atoms with Crippen LogP contribution in [-0.4, -0.2) is 29.0 Å². The number of amides is 1. The monoisotopic (exact) mass is 251 g/mol. The fourth-order valence-corrected chi connectivity index (χ4v) is 1.49. The van der Waals surface area contributed by atoms with Crippen molar-refractivity contribution in [1.82, 2.24) is 9.97 Å². The lowest BCUT2D eigenvalue weighted by molar-refractivity contribution is -0.116. The number of aromatic nitrogens is 2. The zero-order valence-corrected chi connectivity index (χ0v) is 11.4. The molecule has 0 atom stereocenters. The third-order valence-corrected chi connectivity index (χ3v) is 2.46. The minimum absolute atomic E-state index is 0.122. The molecule has 18 heavy (non-hydrogen) atoms. The molecule has 100 valence electrons. The number of carbonyl (C=O) groups excluding carboxylic acids is 1. The van der Waals surface area contributed by atoms with E-state index in [2.05, 4.69) is 9.97 Å². The number of carbonyl (C=O) groups is 1. The van der Waals surface area contributed by atoms with Gasteiger partial charge in [0.05, 0.1) is 6.54 Å². The van der Waals surface area contributed by atoms with Crippen LogP contribution in [0.5, 0.6) is 0 Å². The molecule has 0 aromatic carbocycles. The van der Waals surface area contributed by atoms with Crippen molar-refractivity contribution >= 4 is 17.5 Å². The number of rotatable bonds is 4. The summed E-state index contributed by atoms with van der Waals surface area (Å²) in [6.45, 7) is 8.71. The van der Waals surface area contributed by atoms with E-state index in [0.29, 0.717) is 24.0 Å². The number of primary amides is 1. The maximum absolute atomic E-state index is 11.0. The molecular weight excluding hydrogens is 230 g/mol. The van der Waals surface area contributed by atoms with Crippen molar-refractivity contribution in [3.63, 3.8) is 0 Å². The SMILES string of the molecule is CCN(CC(N)=O)c1cc(N)nc(C(C)(C)C)n1. The molecule has 0 fully saturated rings. The van der Waals surface area contributed by atoms with Crippen molar-refractivity contribution in [3.8, 4) is 0 Å². The van der Waals surface area contributed by atoms with Gasteiger partial charge in [-0.05, 0) is 6.92 Å². The molecule has 0 aliphatic carbocycles. The average Bonchev–Trinajstić information content (AvgIpc) is 2.23. The van der Waals surface area contributed by atoms with Gasteiger partial charge in [0.1, 0.15) is 17.5 Å². The van der Waals surface area contributed by atoms with Crippen LogP contribution in [0.3, 0.4) is 0 Å². The first-order chi connectivity index (χ1) is 8.24. The molecule has 0 radical (unpaired) electrons. The molecule has 4 N–H and O–H groups in total. The second-order valence-electron chi connectivity index (χ2n) is 5.21. The Kier molecular flexibility index (Phi) is 4.11. The van der Waals surface area contributed by atoms with E-state index in [-0.39, 0.29) is 12.0 Å². The van der Waals surface area contributed by atoms with E-state index >= 15 is 0 Å². The van der Waals surface area contributed by atoms with Crippen molar-refractivity contribution in [2.45, 2.75) is 33.1 Å². The van der Waals surface area contributed by atoms with Gasteiger partial charge in [0.25, 0.3) is 0 Å². The summed E-state index contributed by atoms with van der Waals surface area (Å²) in [5, 5.41) is 0. The van der Waals surface area contributed by atoms with Gasteiger partial charge in [0.2, 0.25) is 5.91 Å². The standard InChI is InChI=1S/C12H21N5O/c1-5-17(7-9(14)18)10-6-8(13)15-11(16-10)12(2,3)4/h6H,5,7H2,1-4H3,(H2,14,18)(H2,13,15,16). The molecule has 0 saturated carbocycles. The number of nitrogens with zero attached hydrogens (tertiary/aromatic N) is 3. The van der Waals surface area contributed by atoms with Gasteiger partial charge < -0.3 is 16.4 Å². The number of anilines is 2. The van der Waals surface area contributed by atoms with E-state index in [9.17, 15) is 4.79 Å². The van der Waals surface area contributed by atoms with E-state index in [1.54, 1.807) is 11.0 Å². The quantitative estimate of drug-likeness (QED) is 0.819. The van der Waals surface area contributed by atoms with Crippen molar-refractivity contribution < 1.29 is 4.79 Å². The Morgan fingerprint density at radius 3 is 2.44 bits per heavy atom. The van der Waals surface area contributed by atoms with Crippen LogP contribution in [0.25, 0.3) is 0 Å². The molecule has 1 heterocycles. The fraction of sp³-hybridized carbons (Fsp3) is 0.583. The molecule has 6 heteroatoms. The zero-order chi connectivity index (χ0) is 13.9. The number of hydrogen-bond donors (Lipinski definition) is 2. The molecule has 0 aliphatic heterocycles. The van der Waals surface area contributed by atoms with Crippen LogP contribution in [0.2, 0.25) is 0 Å². The van der Waals surface area contributed by atoms with Gasteiger partial charge in [0, 0.05) is 18.0 Å². The molecule has 0 spiro atoms. The highest BCUT2D eigenvalue weighted by Gasteiger charge is 2.20. The van der Waals surface area contributed by atoms with Crippen molar-refractivity contribution in [2.24, 2.45) is 5.73 Å². The third kappa shape index (κ3) is 3.58. The lowest BCUT2D eigenvalue weighted by Crippen LogP contribution is -2.34. The Bertz CT molecular complexity index is 439. The zero-order valence-electron chi connectivity index (χ0n) is 11.4. The second-order valence-corrected chi connectivity index (χ2v) is 5.21. The minimum atomic E-state index is -0.397. The summed E-state index contributed by atoms with van der Waals surface area (Å²) in [6, 6.07) is 1.65. The van der Waals surface area contributed by atoms with E-state index in [0.717, 1.165) is 0 Å². The summed E-state index contributed by atoms with van der Waals surface area (Å²) in [5.74, 6) is 1.29. The summed E-state index contributed by atoms with van der Waals surface area (Å²) < 4.78 is 0. The van der Waals surface area contributed by atoms with E-state index in [4.69, 9.17) is 11.5 Å². The van der Waals surface area contributed by atoms with Gasteiger partial charge in [-0.25, -0.2) is 9.97 Å². The topological polar surface area (TPSA) is 98.1 Å². The van der Waals surface area contributed by atoms with E-state index in [1.165, 1.54) is 0 Å². The summed E-state index contributed by atoms with van der Waals surface area (Å²) in [6.07, 6.45) is 0. The molecule has 0 saturated heterocycles. The lowest BCUT2D eigenvalue weighted by Gasteiger charge is -2.23. The molecule has 1 aromatic heterocycles. The Hall–Kier alpha value is -1.85. The molecule has 1 rings (SSSR count). The van der Waals surface area contributed by atoms with Crippen LogP contribution >= 0.6 is 0 Å². The largest absolute Gasteiger partial charge is 0.384 e. The molecule has 0 bridgehead atoms. The Balaban J connectivity index is 3.15. The van der Waals surface area contributed by atoms with Crippen LogP contribution in [0.15, 0.2) is 6.07 Å². The lowest BCUT2D eigenvalue weighted by atomic mass is 9.96. The maximum Gasteiger partial charge on any atom is 0.236 e. The Morgan fingerprint density at radius 2 is 2.00 bits per heavy atom. The van der Waals surface area contributed by atoms with E-state index < -0.39 is 5.91 Å². The van der Waals surface area contributed by atoms with Crippen LogP contribution in [0, 0.1) is 0 Å². The predicted molar refractivity (Wildman–Crippen MR) is 72.2 cm³/mol. The van der Waals surface area contributed by atoms with Crippen LogP contribution in [-0.2, 0) is 10.2 Å².